The molecule has 0 spiro atoms. The molecule has 3 nitrogen and oxygen atoms in total. The van der Waals surface area contributed by atoms with E-state index in [1.54, 1.807) is 0 Å². The number of allylic oxidation sites excluding steroid dienone is 3. The zero-order valence-corrected chi connectivity index (χ0v) is 20.7. The molecule has 0 aliphatic carbocycles. The molecule has 0 heterocycles. The van der Waals surface area contributed by atoms with Crippen LogP contribution in [0.25, 0.3) is 0 Å². The highest BCUT2D eigenvalue weighted by atomic mass is 32.2. The highest BCUT2D eigenvalue weighted by Gasteiger charge is 2.03. The third-order valence-corrected chi connectivity index (χ3v) is 6.25. The van der Waals surface area contributed by atoms with E-state index in [-0.39, 0.29) is 5.97 Å². The largest absolute Gasteiger partial charge is 0.466 e. The van der Waals surface area contributed by atoms with Crippen LogP contribution in [0.4, 0.5) is 0 Å². The van der Waals surface area contributed by atoms with Crippen LogP contribution in [0.3, 0.4) is 0 Å². The Morgan fingerprint density at radius 1 is 0.897 bits per heavy atom. The van der Waals surface area contributed by atoms with Gasteiger partial charge < -0.3 is 9.64 Å². The molecule has 29 heavy (non-hydrogen) atoms. The van der Waals surface area contributed by atoms with Gasteiger partial charge in [0.15, 0.2) is 0 Å². The van der Waals surface area contributed by atoms with Crippen molar-refractivity contribution in [1.29, 1.82) is 0 Å². The average molecular weight is 444 g/mol. The van der Waals surface area contributed by atoms with Crippen LogP contribution in [0.1, 0.15) is 78.1 Å². The number of ether oxygens (including phenoxy) is 1. The van der Waals surface area contributed by atoms with Gasteiger partial charge in [0.05, 0.1) is 6.61 Å². The second-order valence-electron chi connectivity index (χ2n) is 7.23. The number of hydrogen-bond acceptors (Lipinski definition) is 5. The van der Waals surface area contributed by atoms with E-state index in [0.29, 0.717) is 13.0 Å². The first-order valence-corrected chi connectivity index (χ1v) is 13.4. The van der Waals surface area contributed by atoms with E-state index >= 15 is 0 Å². The first-order chi connectivity index (χ1) is 14.2. The summed E-state index contributed by atoms with van der Waals surface area (Å²) in [5.74, 6) is 3.18. The zero-order valence-electron chi connectivity index (χ0n) is 18.9. The van der Waals surface area contributed by atoms with Gasteiger partial charge in [-0.2, -0.15) is 24.4 Å². The van der Waals surface area contributed by atoms with Crippen molar-refractivity contribution in [2.75, 3.05) is 43.5 Å². The minimum Gasteiger partial charge on any atom is -0.466 e. The number of carbonyl (C=O) groups is 1. The van der Waals surface area contributed by atoms with Crippen LogP contribution in [0.15, 0.2) is 24.3 Å². The summed E-state index contributed by atoms with van der Waals surface area (Å²) >= 11 is 6.14. The van der Waals surface area contributed by atoms with Crippen LogP contribution >= 0.6 is 24.4 Å². The molecule has 0 aromatic rings. The third-order valence-electron chi connectivity index (χ3n) is 4.80. The van der Waals surface area contributed by atoms with E-state index in [0.717, 1.165) is 75.4 Å². The lowest BCUT2D eigenvalue weighted by atomic mass is 10.1. The molecular weight excluding hydrogens is 398 g/mol. The van der Waals surface area contributed by atoms with Crippen LogP contribution in [-0.2, 0) is 9.53 Å². The van der Waals surface area contributed by atoms with Crippen molar-refractivity contribution >= 4 is 30.4 Å². The summed E-state index contributed by atoms with van der Waals surface area (Å²) in [6.45, 7) is 8.24. The van der Waals surface area contributed by atoms with E-state index in [1.165, 1.54) is 19.3 Å². The molecule has 0 atom stereocenters. The van der Waals surface area contributed by atoms with Gasteiger partial charge in [-0.25, -0.2) is 0 Å². The van der Waals surface area contributed by atoms with Gasteiger partial charge in [-0.1, -0.05) is 38.2 Å². The highest BCUT2D eigenvalue weighted by Crippen LogP contribution is 2.07. The van der Waals surface area contributed by atoms with Gasteiger partial charge in [0.2, 0.25) is 0 Å². The lowest BCUT2D eigenvalue weighted by Gasteiger charge is -2.17. The van der Waals surface area contributed by atoms with E-state index in [2.05, 4.69) is 55.7 Å². The van der Waals surface area contributed by atoms with Gasteiger partial charge in [-0.15, -0.1) is 0 Å². The maximum atomic E-state index is 11.7. The van der Waals surface area contributed by atoms with Crippen molar-refractivity contribution in [3.05, 3.63) is 24.3 Å². The van der Waals surface area contributed by atoms with Crippen molar-refractivity contribution < 1.29 is 9.53 Å². The summed E-state index contributed by atoms with van der Waals surface area (Å²) in [6, 6.07) is 0. The Morgan fingerprint density at radius 2 is 1.52 bits per heavy atom. The molecule has 0 saturated heterocycles. The van der Waals surface area contributed by atoms with Gasteiger partial charge in [0.25, 0.3) is 0 Å². The fourth-order valence-electron chi connectivity index (χ4n) is 2.93. The first-order valence-electron chi connectivity index (χ1n) is 11.6. The molecule has 0 aliphatic rings. The van der Waals surface area contributed by atoms with Crippen LogP contribution in [0.2, 0.25) is 0 Å². The number of unbranched alkanes of at least 4 members (excludes halogenated alkanes) is 6. The molecule has 0 aliphatic heterocycles. The van der Waals surface area contributed by atoms with Crippen molar-refractivity contribution in [3.8, 4) is 0 Å². The lowest BCUT2D eigenvalue weighted by molar-refractivity contribution is -0.143. The number of thiol groups is 1. The Bertz CT molecular complexity index is 410. The molecule has 170 valence electrons. The van der Waals surface area contributed by atoms with Crippen LogP contribution in [0, 0.1) is 0 Å². The molecule has 0 radical (unpaired) electrons. The van der Waals surface area contributed by atoms with Gasteiger partial charge in [-0.3, -0.25) is 4.79 Å². The summed E-state index contributed by atoms with van der Waals surface area (Å²) in [5.41, 5.74) is 0. The number of esters is 1. The standard InChI is InChI=1S/C24H45NO2S2/c1-3-25(4-2)19-15-16-20-27-24(26)18-14-12-10-8-6-5-7-9-11-13-17-22-29-23-21-28/h6,8,13,17,28H,3-5,7,9-12,14-16,18-23H2,1-2H3/b8-6-,17-13-. The fraction of sp³-hybridized carbons (Fsp3) is 0.792. The molecular formula is C24H45NO2S2. The molecule has 0 aromatic carbocycles. The van der Waals surface area contributed by atoms with Crippen LogP contribution < -0.4 is 0 Å². The van der Waals surface area contributed by atoms with E-state index in [4.69, 9.17) is 4.74 Å². The van der Waals surface area contributed by atoms with Crippen molar-refractivity contribution in [1.82, 2.24) is 4.90 Å². The van der Waals surface area contributed by atoms with Crippen molar-refractivity contribution in [2.45, 2.75) is 78.1 Å². The fourth-order valence-corrected chi connectivity index (χ4v) is 3.88. The molecule has 0 aromatic heterocycles. The topological polar surface area (TPSA) is 29.5 Å². The Hall–Kier alpha value is -0.390. The first kappa shape index (κ1) is 28.6. The SMILES string of the molecule is CCN(CC)CCCCOC(=O)CCCC/C=C\CCCC/C=C\CSCCS. The number of thioether (sulfide) groups is 1. The molecule has 0 saturated carbocycles. The summed E-state index contributed by atoms with van der Waals surface area (Å²) < 4.78 is 5.32. The maximum Gasteiger partial charge on any atom is 0.305 e. The molecule has 0 fully saturated rings. The number of nitrogens with zero attached hydrogens (tertiary/aromatic N) is 1. The zero-order chi connectivity index (χ0) is 21.4. The van der Waals surface area contributed by atoms with Crippen LogP contribution in [-0.4, -0.2) is 54.4 Å². The summed E-state index contributed by atoms with van der Waals surface area (Å²) in [5, 5.41) is 0. The Kier molecular flexibility index (Phi) is 23.6. The monoisotopic (exact) mass is 443 g/mol. The van der Waals surface area contributed by atoms with Gasteiger partial charge in [0.1, 0.15) is 0 Å². The Labute approximate surface area is 190 Å². The highest BCUT2D eigenvalue weighted by molar-refractivity contribution is 8.00. The van der Waals surface area contributed by atoms with Crippen molar-refractivity contribution in [3.63, 3.8) is 0 Å². The summed E-state index contributed by atoms with van der Waals surface area (Å²) in [6.07, 6.45) is 19.7. The lowest BCUT2D eigenvalue weighted by Crippen LogP contribution is -2.24. The normalized spacial score (nSPS) is 11.9. The second kappa shape index (κ2) is 23.9. The van der Waals surface area contributed by atoms with Crippen molar-refractivity contribution in [2.24, 2.45) is 0 Å². The summed E-state index contributed by atoms with van der Waals surface area (Å²) in [4.78, 5) is 14.1. The molecule has 0 amide bonds. The Balaban J connectivity index is 3.35. The average Bonchev–Trinajstić information content (AvgIpc) is 2.73. The quantitative estimate of drug-likeness (QED) is 0.0943. The number of hydrogen-bond donors (Lipinski definition) is 1. The molecule has 5 heteroatoms. The Morgan fingerprint density at radius 3 is 2.14 bits per heavy atom. The predicted octanol–water partition coefficient (Wildman–Crippen LogP) is 6.55. The van der Waals surface area contributed by atoms with Gasteiger partial charge in [-0.05, 0) is 83.2 Å². The maximum absolute atomic E-state index is 11.7. The smallest absolute Gasteiger partial charge is 0.305 e. The van der Waals surface area contributed by atoms with Gasteiger partial charge >= 0.3 is 5.97 Å². The number of rotatable bonds is 21. The molecule has 0 rings (SSSR count). The molecule has 0 unspecified atom stereocenters. The van der Waals surface area contributed by atoms with Crippen LogP contribution in [0.5, 0.6) is 0 Å². The third kappa shape index (κ3) is 22.1. The van der Waals surface area contributed by atoms with E-state index < -0.39 is 0 Å². The summed E-state index contributed by atoms with van der Waals surface area (Å²) in [7, 11) is 0. The minimum atomic E-state index is -0.0334. The predicted molar refractivity (Wildman–Crippen MR) is 134 cm³/mol. The van der Waals surface area contributed by atoms with E-state index in [9.17, 15) is 4.79 Å². The molecule has 0 N–H and O–H groups in total. The number of carbonyl (C=O) groups excluding carboxylic acids is 1. The minimum absolute atomic E-state index is 0.0334. The molecule has 0 bridgehead atoms. The van der Waals surface area contributed by atoms with E-state index in [1.807, 2.05) is 11.8 Å². The second-order valence-corrected chi connectivity index (χ2v) is 8.82. The van der Waals surface area contributed by atoms with Gasteiger partial charge in [0, 0.05) is 17.9 Å².